The van der Waals surface area contributed by atoms with Crippen LogP contribution >= 0.6 is 0 Å². The highest BCUT2D eigenvalue weighted by atomic mass is 19.1. The van der Waals surface area contributed by atoms with E-state index in [9.17, 15) is 9.18 Å². The van der Waals surface area contributed by atoms with Gasteiger partial charge in [0.2, 0.25) is 0 Å². The number of nitrogens with one attached hydrogen (secondary N) is 1. The van der Waals surface area contributed by atoms with Gasteiger partial charge in [0, 0.05) is 18.3 Å². The van der Waals surface area contributed by atoms with E-state index in [0.29, 0.717) is 12.8 Å². The molecule has 4 N–H and O–H groups in total. The Balaban J connectivity index is 2.75. The molecule has 0 fully saturated rings. The van der Waals surface area contributed by atoms with Gasteiger partial charge >= 0.3 is 0 Å². The van der Waals surface area contributed by atoms with E-state index in [2.05, 4.69) is 5.32 Å². The van der Waals surface area contributed by atoms with Crippen molar-refractivity contribution < 1.29 is 14.3 Å². The van der Waals surface area contributed by atoms with Crippen LogP contribution in [0.1, 0.15) is 30.1 Å². The fraction of sp³-hybridized carbons (Fsp3) is 0.417. The number of rotatable bonds is 5. The van der Waals surface area contributed by atoms with E-state index < -0.39 is 5.82 Å². The molecule has 1 aromatic rings. The quantitative estimate of drug-likeness (QED) is 0.679. The molecule has 17 heavy (non-hydrogen) atoms. The van der Waals surface area contributed by atoms with E-state index in [0.717, 1.165) is 6.07 Å². The number of nitrogen functional groups attached to an aromatic ring is 1. The monoisotopic (exact) mass is 240 g/mol. The number of carbonyl (C=O) groups is 1. The summed E-state index contributed by atoms with van der Waals surface area (Å²) in [6.45, 7) is 1.92. The third-order valence-electron chi connectivity index (χ3n) is 2.56. The van der Waals surface area contributed by atoms with Crippen LogP contribution in [0.4, 0.5) is 10.1 Å². The van der Waals surface area contributed by atoms with Crippen molar-refractivity contribution in [3.63, 3.8) is 0 Å². The molecular formula is C12H17FN2O2. The lowest BCUT2D eigenvalue weighted by Crippen LogP contribution is -2.35. The fourth-order valence-corrected chi connectivity index (χ4v) is 1.54. The number of halogens is 1. The SMILES string of the molecule is CCC(CCO)NC(=O)c1ccc(F)cc1N. The van der Waals surface area contributed by atoms with Crippen LogP contribution in [0.2, 0.25) is 0 Å². The van der Waals surface area contributed by atoms with Crippen molar-refractivity contribution in [2.75, 3.05) is 12.3 Å². The topological polar surface area (TPSA) is 75.3 Å². The van der Waals surface area contributed by atoms with Gasteiger partial charge in [-0.3, -0.25) is 4.79 Å². The minimum atomic E-state index is -0.471. The Bertz CT molecular complexity index is 396. The van der Waals surface area contributed by atoms with Crippen LogP contribution < -0.4 is 11.1 Å². The van der Waals surface area contributed by atoms with Crippen LogP contribution in [0.15, 0.2) is 18.2 Å². The number of anilines is 1. The first-order valence-electron chi connectivity index (χ1n) is 5.55. The zero-order valence-corrected chi connectivity index (χ0v) is 9.74. The third kappa shape index (κ3) is 3.71. The summed E-state index contributed by atoms with van der Waals surface area (Å²) in [5.74, 6) is -0.816. The minimum absolute atomic E-state index is 0.0116. The number of amides is 1. The molecule has 0 aromatic heterocycles. The maximum Gasteiger partial charge on any atom is 0.253 e. The molecule has 5 heteroatoms. The molecule has 0 heterocycles. The Kier molecular flexibility index (Phi) is 4.90. The van der Waals surface area contributed by atoms with Crippen LogP contribution in [0.25, 0.3) is 0 Å². The van der Waals surface area contributed by atoms with Crippen molar-refractivity contribution in [2.24, 2.45) is 0 Å². The molecule has 0 bridgehead atoms. The molecule has 1 unspecified atom stereocenters. The number of nitrogens with two attached hydrogens (primary N) is 1. The molecule has 94 valence electrons. The Hall–Kier alpha value is -1.62. The summed E-state index contributed by atoms with van der Waals surface area (Å²) in [5.41, 5.74) is 5.93. The molecule has 0 saturated heterocycles. The molecule has 0 spiro atoms. The average Bonchev–Trinajstić information content (AvgIpc) is 2.28. The van der Waals surface area contributed by atoms with Crippen molar-refractivity contribution >= 4 is 11.6 Å². The number of benzene rings is 1. The molecule has 0 aliphatic carbocycles. The van der Waals surface area contributed by atoms with Gasteiger partial charge in [0.15, 0.2) is 0 Å². The van der Waals surface area contributed by atoms with Gasteiger partial charge in [0.25, 0.3) is 5.91 Å². The Morgan fingerprint density at radius 2 is 2.29 bits per heavy atom. The highest BCUT2D eigenvalue weighted by Crippen LogP contribution is 2.13. The van der Waals surface area contributed by atoms with Gasteiger partial charge in [0.05, 0.1) is 5.56 Å². The summed E-state index contributed by atoms with van der Waals surface area (Å²) in [7, 11) is 0. The molecule has 1 aromatic carbocycles. The zero-order chi connectivity index (χ0) is 12.8. The first kappa shape index (κ1) is 13.4. The average molecular weight is 240 g/mol. The standard InChI is InChI=1S/C12H17FN2O2/c1-2-9(5-6-16)15-12(17)10-4-3-8(13)7-11(10)14/h3-4,7,9,16H,2,5-6,14H2,1H3,(H,15,17). The smallest absolute Gasteiger partial charge is 0.253 e. The summed E-state index contributed by atoms with van der Waals surface area (Å²) >= 11 is 0. The summed E-state index contributed by atoms with van der Waals surface area (Å²) < 4.78 is 12.8. The highest BCUT2D eigenvalue weighted by Gasteiger charge is 2.14. The van der Waals surface area contributed by atoms with Crippen molar-refractivity contribution in [2.45, 2.75) is 25.8 Å². The largest absolute Gasteiger partial charge is 0.398 e. The Morgan fingerprint density at radius 3 is 2.82 bits per heavy atom. The number of hydrogen-bond acceptors (Lipinski definition) is 3. The van der Waals surface area contributed by atoms with E-state index >= 15 is 0 Å². The van der Waals surface area contributed by atoms with Crippen molar-refractivity contribution in [1.29, 1.82) is 0 Å². The van der Waals surface area contributed by atoms with Crippen LogP contribution in [0.5, 0.6) is 0 Å². The second-order valence-corrected chi connectivity index (χ2v) is 3.82. The van der Waals surface area contributed by atoms with Crippen LogP contribution in [-0.2, 0) is 0 Å². The van der Waals surface area contributed by atoms with E-state index in [-0.39, 0.29) is 29.8 Å². The summed E-state index contributed by atoms with van der Waals surface area (Å²) in [6, 6.07) is 3.56. The summed E-state index contributed by atoms with van der Waals surface area (Å²) in [6.07, 6.45) is 1.21. The van der Waals surface area contributed by atoms with Gasteiger partial charge < -0.3 is 16.2 Å². The van der Waals surface area contributed by atoms with Gasteiger partial charge in [-0.05, 0) is 31.0 Å². The van der Waals surface area contributed by atoms with Crippen molar-refractivity contribution in [1.82, 2.24) is 5.32 Å². The third-order valence-corrected chi connectivity index (χ3v) is 2.56. The highest BCUT2D eigenvalue weighted by molar-refractivity contribution is 5.99. The minimum Gasteiger partial charge on any atom is -0.398 e. The maximum atomic E-state index is 12.8. The van der Waals surface area contributed by atoms with Gasteiger partial charge in [-0.2, -0.15) is 0 Å². The first-order chi connectivity index (χ1) is 8.08. The molecular weight excluding hydrogens is 223 g/mol. The van der Waals surface area contributed by atoms with Gasteiger partial charge in [-0.25, -0.2) is 4.39 Å². The number of aliphatic hydroxyl groups is 1. The summed E-state index contributed by atoms with van der Waals surface area (Å²) in [4.78, 5) is 11.8. The zero-order valence-electron chi connectivity index (χ0n) is 9.74. The Morgan fingerprint density at radius 1 is 1.59 bits per heavy atom. The Labute approximate surface area is 99.6 Å². The maximum absolute atomic E-state index is 12.8. The number of aliphatic hydroxyl groups excluding tert-OH is 1. The predicted molar refractivity (Wildman–Crippen MR) is 64.1 cm³/mol. The molecule has 1 rings (SSSR count). The molecule has 0 aliphatic rings. The lowest BCUT2D eigenvalue weighted by atomic mass is 10.1. The predicted octanol–water partition coefficient (Wildman–Crippen LogP) is 1.30. The normalized spacial score (nSPS) is 12.2. The second-order valence-electron chi connectivity index (χ2n) is 3.82. The van der Waals surface area contributed by atoms with Crippen LogP contribution in [0, 0.1) is 5.82 Å². The molecule has 0 radical (unpaired) electrons. The van der Waals surface area contributed by atoms with E-state index in [1.54, 1.807) is 0 Å². The molecule has 1 atom stereocenters. The van der Waals surface area contributed by atoms with E-state index in [1.807, 2.05) is 6.92 Å². The van der Waals surface area contributed by atoms with Crippen LogP contribution in [-0.4, -0.2) is 23.7 Å². The molecule has 0 aliphatic heterocycles. The van der Waals surface area contributed by atoms with E-state index in [4.69, 9.17) is 10.8 Å². The molecule has 0 saturated carbocycles. The van der Waals surface area contributed by atoms with Gasteiger partial charge in [-0.1, -0.05) is 6.92 Å². The van der Waals surface area contributed by atoms with Crippen LogP contribution in [0.3, 0.4) is 0 Å². The van der Waals surface area contributed by atoms with Gasteiger partial charge in [0.1, 0.15) is 5.82 Å². The summed E-state index contributed by atoms with van der Waals surface area (Å²) in [5, 5.41) is 11.6. The molecule has 1 amide bonds. The fourth-order valence-electron chi connectivity index (χ4n) is 1.54. The number of hydrogen-bond donors (Lipinski definition) is 3. The number of carbonyl (C=O) groups excluding carboxylic acids is 1. The van der Waals surface area contributed by atoms with Crippen molar-refractivity contribution in [3.8, 4) is 0 Å². The van der Waals surface area contributed by atoms with E-state index in [1.165, 1.54) is 12.1 Å². The lowest BCUT2D eigenvalue weighted by molar-refractivity contribution is 0.0930. The van der Waals surface area contributed by atoms with Crippen molar-refractivity contribution in [3.05, 3.63) is 29.6 Å². The van der Waals surface area contributed by atoms with Gasteiger partial charge in [-0.15, -0.1) is 0 Å². The second kappa shape index (κ2) is 6.20. The first-order valence-corrected chi connectivity index (χ1v) is 5.55. The molecule has 4 nitrogen and oxygen atoms in total. The lowest BCUT2D eigenvalue weighted by Gasteiger charge is -2.16.